The van der Waals surface area contributed by atoms with Gasteiger partial charge in [-0.15, -0.1) is 0 Å². The van der Waals surface area contributed by atoms with E-state index in [1.807, 2.05) is 24.3 Å². The van der Waals surface area contributed by atoms with Gasteiger partial charge in [0.25, 0.3) is 0 Å². The molecule has 0 radical (unpaired) electrons. The summed E-state index contributed by atoms with van der Waals surface area (Å²) in [6.45, 7) is 0.381. The van der Waals surface area contributed by atoms with Crippen LogP contribution in [0.2, 0.25) is 0 Å². The van der Waals surface area contributed by atoms with Crippen molar-refractivity contribution in [1.82, 2.24) is 0 Å². The standard InChI is InChI=1S/C13H9BrF3N/c14-10-4-2-1-3-8(10)7-18-9-5-11(15)13(17)12(16)6-9/h1-6,18H,7H2. The van der Waals surface area contributed by atoms with Gasteiger partial charge in [0.2, 0.25) is 0 Å². The van der Waals surface area contributed by atoms with Gasteiger partial charge in [0.05, 0.1) is 0 Å². The second-order valence-corrected chi connectivity index (χ2v) is 4.55. The topological polar surface area (TPSA) is 12.0 Å². The minimum atomic E-state index is -1.46. The molecule has 2 rings (SSSR count). The maximum Gasteiger partial charge on any atom is 0.194 e. The zero-order chi connectivity index (χ0) is 13.1. The summed E-state index contributed by atoms with van der Waals surface area (Å²) in [5.74, 6) is -3.87. The molecule has 0 aliphatic rings. The molecule has 0 saturated heterocycles. The summed E-state index contributed by atoms with van der Waals surface area (Å²) in [7, 11) is 0. The van der Waals surface area contributed by atoms with E-state index in [0.29, 0.717) is 6.54 Å². The SMILES string of the molecule is Fc1cc(NCc2ccccc2Br)cc(F)c1F. The summed E-state index contributed by atoms with van der Waals surface area (Å²) in [4.78, 5) is 0. The molecule has 1 nitrogen and oxygen atoms in total. The van der Waals surface area contributed by atoms with E-state index < -0.39 is 17.5 Å². The van der Waals surface area contributed by atoms with Gasteiger partial charge in [-0.1, -0.05) is 34.1 Å². The van der Waals surface area contributed by atoms with Gasteiger partial charge in [0, 0.05) is 28.8 Å². The van der Waals surface area contributed by atoms with E-state index in [-0.39, 0.29) is 5.69 Å². The normalized spacial score (nSPS) is 10.4. The van der Waals surface area contributed by atoms with Crippen LogP contribution >= 0.6 is 15.9 Å². The van der Waals surface area contributed by atoms with Crippen molar-refractivity contribution in [2.75, 3.05) is 5.32 Å². The van der Waals surface area contributed by atoms with E-state index in [2.05, 4.69) is 21.2 Å². The van der Waals surface area contributed by atoms with E-state index in [1.165, 1.54) is 0 Å². The smallest absolute Gasteiger partial charge is 0.194 e. The van der Waals surface area contributed by atoms with Gasteiger partial charge in [-0.25, -0.2) is 13.2 Å². The van der Waals surface area contributed by atoms with Crippen LogP contribution in [0.1, 0.15) is 5.56 Å². The first-order valence-electron chi connectivity index (χ1n) is 5.20. The average Bonchev–Trinajstić information content (AvgIpc) is 2.35. The minimum Gasteiger partial charge on any atom is -0.381 e. The molecule has 18 heavy (non-hydrogen) atoms. The van der Waals surface area contributed by atoms with Crippen molar-refractivity contribution in [2.24, 2.45) is 0 Å². The second kappa shape index (κ2) is 5.44. The van der Waals surface area contributed by atoms with Crippen LogP contribution in [-0.4, -0.2) is 0 Å². The van der Waals surface area contributed by atoms with Crippen LogP contribution in [0.25, 0.3) is 0 Å². The molecule has 5 heteroatoms. The maximum absolute atomic E-state index is 13.0. The lowest BCUT2D eigenvalue weighted by atomic mass is 10.2. The molecule has 0 aliphatic heterocycles. The highest BCUT2D eigenvalue weighted by atomic mass is 79.9. The molecule has 0 amide bonds. The van der Waals surface area contributed by atoms with Crippen molar-refractivity contribution < 1.29 is 13.2 Å². The van der Waals surface area contributed by atoms with Crippen LogP contribution in [0.4, 0.5) is 18.9 Å². The molecule has 0 spiro atoms. The first-order chi connectivity index (χ1) is 8.58. The van der Waals surface area contributed by atoms with Crippen molar-refractivity contribution in [3.8, 4) is 0 Å². The number of nitrogens with one attached hydrogen (secondary N) is 1. The van der Waals surface area contributed by atoms with Crippen LogP contribution in [0.5, 0.6) is 0 Å². The summed E-state index contributed by atoms with van der Waals surface area (Å²) < 4.78 is 39.6. The number of anilines is 1. The fraction of sp³-hybridized carbons (Fsp3) is 0.0769. The Bertz CT molecular complexity index is 549. The van der Waals surface area contributed by atoms with Gasteiger partial charge in [0.15, 0.2) is 17.5 Å². The monoisotopic (exact) mass is 315 g/mol. The molecule has 0 aliphatic carbocycles. The van der Waals surface area contributed by atoms with E-state index in [9.17, 15) is 13.2 Å². The van der Waals surface area contributed by atoms with E-state index >= 15 is 0 Å². The number of hydrogen-bond acceptors (Lipinski definition) is 1. The summed E-state index contributed by atoms with van der Waals surface area (Å²) in [6, 6.07) is 9.30. The minimum absolute atomic E-state index is 0.196. The lowest BCUT2D eigenvalue weighted by Gasteiger charge is -2.08. The molecule has 0 heterocycles. The Morgan fingerprint density at radius 3 is 2.22 bits per heavy atom. The molecule has 0 bridgehead atoms. The van der Waals surface area contributed by atoms with Gasteiger partial charge < -0.3 is 5.32 Å². The highest BCUT2D eigenvalue weighted by Crippen LogP contribution is 2.20. The Labute approximate surface area is 111 Å². The molecular weight excluding hydrogens is 307 g/mol. The summed E-state index contributed by atoms with van der Waals surface area (Å²) in [5.41, 5.74) is 1.13. The zero-order valence-electron chi connectivity index (χ0n) is 9.18. The fourth-order valence-electron chi connectivity index (χ4n) is 1.50. The zero-order valence-corrected chi connectivity index (χ0v) is 10.8. The molecular formula is C13H9BrF3N. The van der Waals surface area contributed by atoms with Gasteiger partial charge in [0.1, 0.15) is 0 Å². The van der Waals surface area contributed by atoms with Gasteiger partial charge in [-0.2, -0.15) is 0 Å². The number of hydrogen-bond donors (Lipinski definition) is 1. The molecule has 2 aromatic carbocycles. The Hall–Kier alpha value is -1.49. The third-order valence-electron chi connectivity index (χ3n) is 2.42. The van der Waals surface area contributed by atoms with Gasteiger partial charge >= 0.3 is 0 Å². The first-order valence-corrected chi connectivity index (χ1v) is 5.99. The van der Waals surface area contributed by atoms with Crippen molar-refractivity contribution in [3.05, 3.63) is 63.9 Å². The predicted molar refractivity (Wildman–Crippen MR) is 67.8 cm³/mol. The van der Waals surface area contributed by atoms with Crippen molar-refractivity contribution >= 4 is 21.6 Å². The molecule has 94 valence electrons. The summed E-state index contributed by atoms with van der Waals surface area (Å²) in [6.07, 6.45) is 0. The van der Waals surface area contributed by atoms with Crippen molar-refractivity contribution in [3.63, 3.8) is 0 Å². The van der Waals surface area contributed by atoms with Crippen LogP contribution in [-0.2, 0) is 6.54 Å². The maximum atomic E-state index is 13.0. The molecule has 1 N–H and O–H groups in total. The van der Waals surface area contributed by atoms with E-state index in [1.54, 1.807) is 0 Å². The fourth-order valence-corrected chi connectivity index (χ4v) is 1.92. The lowest BCUT2D eigenvalue weighted by Crippen LogP contribution is -2.02. The largest absolute Gasteiger partial charge is 0.381 e. The third kappa shape index (κ3) is 2.85. The van der Waals surface area contributed by atoms with Crippen LogP contribution in [0, 0.1) is 17.5 Å². The number of halogens is 4. The molecule has 0 fully saturated rings. The Kier molecular flexibility index (Phi) is 3.91. The Morgan fingerprint density at radius 2 is 1.61 bits per heavy atom. The van der Waals surface area contributed by atoms with E-state index in [0.717, 1.165) is 22.2 Å². The molecule has 2 aromatic rings. The van der Waals surface area contributed by atoms with Crippen LogP contribution < -0.4 is 5.32 Å². The molecule has 0 saturated carbocycles. The van der Waals surface area contributed by atoms with Crippen LogP contribution in [0.15, 0.2) is 40.9 Å². The molecule has 0 atom stereocenters. The van der Waals surface area contributed by atoms with Crippen molar-refractivity contribution in [2.45, 2.75) is 6.54 Å². The number of rotatable bonds is 3. The lowest BCUT2D eigenvalue weighted by molar-refractivity contribution is 0.447. The van der Waals surface area contributed by atoms with Gasteiger partial charge in [-0.3, -0.25) is 0 Å². The van der Waals surface area contributed by atoms with Crippen molar-refractivity contribution in [1.29, 1.82) is 0 Å². The quantitative estimate of drug-likeness (QED) is 0.823. The average molecular weight is 316 g/mol. The van der Waals surface area contributed by atoms with Crippen LogP contribution in [0.3, 0.4) is 0 Å². The molecule has 0 unspecified atom stereocenters. The van der Waals surface area contributed by atoms with Gasteiger partial charge in [-0.05, 0) is 11.6 Å². The predicted octanol–water partition coefficient (Wildman–Crippen LogP) is 4.48. The number of benzene rings is 2. The molecule has 0 aromatic heterocycles. The summed E-state index contributed by atoms with van der Waals surface area (Å²) in [5, 5.41) is 2.83. The third-order valence-corrected chi connectivity index (χ3v) is 3.20. The second-order valence-electron chi connectivity index (χ2n) is 3.70. The first kappa shape index (κ1) is 13.0. The Morgan fingerprint density at radius 1 is 1.00 bits per heavy atom. The highest BCUT2D eigenvalue weighted by Gasteiger charge is 2.10. The van der Waals surface area contributed by atoms with E-state index in [4.69, 9.17) is 0 Å². The Balaban J connectivity index is 2.14. The highest BCUT2D eigenvalue weighted by molar-refractivity contribution is 9.10. The summed E-state index contributed by atoms with van der Waals surface area (Å²) >= 11 is 3.36.